The van der Waals surface area contributed by atoms with Crippen molar-refractivity contribution in [2.45, 2.75) is 12.8 Å². The van der Waals surface area contributed by atoms with Crippen LogP contribution in [-0.2, 0) is 14.8 Å². The fourth-order valence-electron chi connectivity index (χ4n) is 2.83. The molecule has 3 rings (SSSR count). The Balaban J connectivity index is 1.64. The molecule has 2 aromatic rings. The van der Waals surface area contributed by atoms with E-state index in [1.54, 1.807) is 42.5 Å². The van der Waals surface area contributed by atoms with Gasteiger partial charge in [0.1, 0.15) is 13.2 Å². The molecule has 9 heteroatoms. The molecular weight excluding hydrogens is 404 g/mol. The first kappa shape index (κ1) is 20.3. The Morgan fingerprint density at radius 1 is 1.14 bits per heavy atom. The molecule has 0 unspecified atom stereocenters. The fourth-order valence-corrected chi connectivity index (χ4v) is 3.97. The molecule has 0 bridgehead atoms. The predicted molar refractivity (Wildman–Crippen MR) is 109 cm³/mol. The molecule has 28 heavy (non-hydrogen) atoms. The van der Waals surface area contributed by atoms with E-state index in [4.69, 9.17) is 21.1 Å². The molecule has 0 fully saturated rings. The van der Waals surface area contributed by atoms with Crippen molar-refractivity contribution in [2.75, 3.05) is 35.6 Å². The summed E-state index contributed by atoms with van der Waals surface area (Å²) in [6, 6.07) is 11.9. The lowest BCUT2D eigenvalue weighted by molar-refractivity contribution is -0.116. The second-order valence-electron chi connectivity index (χ2n) is 6.29. The zero-order valence-corrected chi connectivity index (χ0v) is 16.9. The van der Waals surface area contributed by atoms with Crippen LogP contribution >= 0.6 is 11.6 Å². The number of nitrogens with zero attached hydrogens (tertiary/aromatic N) is 1. The molecule has 7 nitrogen and oxygen atoms in total. The largest absolute Gasteiger partial charge is 0.486 e. The van der Waals surface area contributed by atoms with E-state index < -0.39 is 10.0 Å². The molecule has 150 valence electrons. The zero-order valence-electron chi connectivity index (χ0n) is 15.4. The summed E-state index contributed by atoms with van der Waals surface area (Å²) in [5, 5.41) is 3.18. The highest BCUT2D eigenvalue weighted by Gasteiger charge is 2.21. The Morgan fingerprint density at radius 3 is 2.57 bits per heavy atom. The third-order valence-corrected chi connectivity index (χ3v) is 5.65. The molecule has 0 aliphatic carbocycles. The number of amides is 1. The lowest BCUT2D eigenvalue weighted by Crippen LogP contribution is -2.31. The van der Waals surface area contributed by atoms with Crippen molar-refractivity contribution in [2.24, 2.45) is 0 Å². The summed E-state index contributed by atoms with van der Waals surface area (Å²) in [4.78, 5) is 12.1. The standard InChI is InChI=1S/C19H21ClN2O5S/c1-28(24,25)22(14-8-9-17-18(13-14)27-12-11-26-17)10-4-7-19(23)21-16-6-3-2-5-15(16)20/h2-3,5-6,8-9,13H,4,7,10-12H2,1H3,(H,21,23). The highest BCUT2D eigenvalue weighted by molar-refractivity contribution is 7.92. The van der Waals surface area contributed by atoms with E-state index in [2.05, 4.69) is 5.32 Å². The topological polar surface area (TPSA) is 84.9 Å². The lowest BCUT2D eigenvalue weighted by Gasteiger charge is -2.25. The maximum absolute atomic E-state index is 12.2. The van der Waals surface area contributed by atoms with Gasteiger partial charge < -0.3 is 14.8 Å². The first-order valence-corrected chi connectivity index (χ1v) is 11.0. The van der Waals surface area contributed by atoms with E-state index in [1.807, 2.05) is 0 Å². The number of ether oxygens (including phenoxy) is 2. The molecule has 1 heterocycles. The molecule has 0 saturated heterocycles. The van der Waals surface area contributed by atoms with Crippen molar-refractivity contribution in [1.29, 1.82) is 0 Å². The number of hydrogen-bond acceptors (Lipinski definition) is 5. The molecule has 1 N–H and O–H groups in total. The van der Waals surface area contributed by atoms with Gasteiger partial charge in [0.05, 0.1) is 22.7 Å². The van der Waals surface area contributed by atoms with Crippen molar-refractivity contribution < 1.29 is 22.7 Å². The Morgan fingerprint density at radius 2 is 1.86 bits per heavy atom. The van der Waals surface area contributed by atoms with Crippen LogP contribution in [0.4, 0.5) is 11.4 Å². The van der Waals surface area contributed by atoms with Crippen molar-refractivity contribution in [1.82, 2.24) is 0 Å². The Labute approximate surface area is 169 Å². The summed E-state index contributed by atoms with van der Waals surface area (Å²) in [5.41, 5.74) is 0.999. The van der Waals surface area contributed by atoms with Crippen LogP contribution < -0.4 is 19.1 Å². The van der Waals surface area contributed by atoms with Gasteiger partial charge in [-0.25, -0.2) is 8.42 Å². The molecule has 0 aromatic heterocycles. The van der Waals surface area contributed by atoms with Gasteiger partial charge in [0, 0.05) is 19.0 Å². The van der Waals surface area contributed by atoms with Crippen LogP contribution in [0.25, 0.3) is 0 Å². The van der Waals surface area contributed by atoms with Gasteiger partial charge in [-0.2, -0.15) is 0 Å². The van der Waals surface area contributed by atoms with Crippen LogP contribution in [0.2, 0.25) is 5.02 Å². The first-order valence-electron chi connectivity index (χ1n) is 8.76. The van der Waals surface area contributed by atoms with Crippen molar-refractivity contribution in [3.8, 4) is 11.5 Å². The number of fused-ring (bicyclic) bond motifs is 1. The van der Waals surface area contributed by atoms with E-state index in [1.165, 1.54) is 4.31 Å². The van der Waals surface area contributed by atoms with E-state index >= 15 is 0 Å². The summed E-state index contributed by atoms with van der Waals surface area (Å²) >= 11 is 6.03. The Bertz CT molecular complexity index is 965. The van der Waals surface area contributed by atoms with Crippen molar-refractivity contribution >= 4 is 38.9 Å². The van der Waals surface area contributed by atoms with Crippen LogP contribution in [0.15, 0.2) is 42.5 Å². The molecule has 1 amide bonds. The van der Waals surface area contributed by atoms with E-state index in [0.29, 0.717) is 47.5 Å². The SMILES string of the molecule is CS(=O)(=O)N(CCCC(=O)Nc1ccccc1Cl)c1ccc2c(c1)OCCO2. The summed E-state index contributed by atoms with van der Waals surface area (Å²) in [7, 11) is -3.52. The molecule has 0 atom stereocenters. The smallest absolute Gasteiger partial charge is 0.232 e. The number of halogens is 1. The molecule has 0 saturated carbocycles. The van der Waals surface area contributed by atoms with Gasteiger partial charge in [0.15, 0.2) is 11.5 Å². The Hall–Kier alpha value is -2.45. The number of sulfonamides is 1. The number of hydrogen-bond donors (Lipinski definition) is 1. The van der Waals surface area contributed by atoms with Crippen LogP contribution in [0.5, 0.6) is 11.5 Å². The molecule has 2 aromatic carbocycles. The molecule has 1 aliphatic rings. The number of anilines is 2. The van der Waals surface area contributed by atoms with E-state index in [0.717, 1.165) is 6.26 Å². The third kappa shape index (κ3) is 5.08. The normalized spacial score (nSPS) is 13.1. The lowest BCUT2D eigenvalue weighted by atomic mass is 10.2. The maximum atomic E-state index is 12.2. The summed E-state index contributed by atoms with van der Waals surface area (Å²) in [6.07, 6.45) is 1.63. The van der Waals surface area contributed by atoms with Gasteiger partial charge in [-0.3, -0.25) is 9.10 Å². The number of benzene rings is 2. The van der Waals surface area contributed by atoms with Gasteiger partial charge in [0.25, 0.3) is 0 Å². The monoisotopic (exact) mass is 424 g/mol. The molecule has 1 aliphatic heterocycles. The number of nitrogens with one attached hydrogen (secondary N) is 1. The van der Waals surface area contributed by atoms with Gasteiger partial charge in [0.2, 0.25) is 15.9 Å². The van der Waals surface area contributed by atoms with Gasteiger partial charge in [-0.15, -0.1) is 0 Å². The van der Waals surface area contributed by atoms with Crippen molar-refractivity contribution in [3.05, 3.63) is 47.5 Å². The summed E-state index contributed by atoms with van der Waals surface area (Å²) in [6.45, 7) is 1.04. The van der Waals surface area contributed by atoms with Crippen LogP contribution in [0.3, 0.4) is 0 Å². The molecular formula is C19H21ClN2O5S. The maximum Gasteiger partial charge on any atom is 0.232 e. The fraction of sp³-hybridized carbons (Fsp3) is 0.316. The average molecular weight is 425 g/mol. The number of carbonyl (C=O) groups is 1. The van der Waals surface area contributed by atoms with E-state index in [-0.39, 0.29) is 18.9 Å². The van der Waals surface area contributed by atoms with Crippen LogP contribution in [0.1, 0.15) is 12.8 Å². The second kappa shape index (κ2) is 8.70. The number of para-hydroxylation sites is 1. The van der Waals surface area contributed by atoms with Gasteiger partial charge in [-0.05, 0) is 30.7 Å². The predicted octanol–water partition coefficient (Wildman–Crippen LogP) is 3.30. The average Bonchev–Trinajstić information content (AvgIpc) is 2.66. The van der Waals surface area contributed by atoms with E-state index in [9.17, 15) is 13.2 Å². The quantitative estimate of drug-likeness (QED) is 0.737. The molecule has 0 radical (unpaired) electrons. The zero-order chi connectivity index (χ0) is 20.1. The van der Waals surface area contributed by atoms with Gasteiger partial charge >= 0.3 is 0 Å². The second-order valence-corrected chi connectivity index (χ2v) is 8.61. The third-order valence-electron chi connectivity index (χ3n) is 4.13. The first-order chi connectivity index (χ1) is 13.3. The minimum atomic E-state index is -3.52. The minimum Gasteiger partial charge on any atom is -0.486 e. The summed E-state index contributed by atoms with van der Waals surface area (Å²) in [5.74, 6) is 0.861. The summed E-state index contributed by atoms with van der Waals surface area (Å²) < 4.78 is 36.7. The number of carbonyl (C=O) groups excluding carboxylic acids is 1. The van der Waals surface area contributed by atoms with Crippen molar-refractivity contribution in [3.63, 3.8) is 0 Å². The Kier molecular flexibility index (Phi) is 6.31. The van der Waals surface area contributed by atoms with Gasteiger partial charge in [-0.1, -0.05) is 23.7 Å². The highest BCUT2D eigenvalue weighted by Crippen LogP contribution is 2.34. The number of rotatable bonds is 7. The van der Waals surface area contributed by atoms with Crippen LogP contribution in [0, 0.1) is 0 Å². The minimum absolute atomic E-state index is 0.155. The molecule has 0 spiro atoms. The highest BCUT2D eigenvalue weighted by atomic mass is 35.5. The van der Waals surface area contributed by atoms with Crippen LogP contribution in [-0.4, -0.2) is 40.3 Å².